The van der Waals surface area contributed by atoms with E-state index in [0.29, 0.717) is 5.92 Å². The molecule has 6 aliphatic rings. The molecule has 0 aliphatic heterocycles. The molecule has 1 heteroatoms. The van der Waals surface area contributed by atoms with Gasteiger partial charge in [-0.05, 0) is 140 Å². The SMILES string of the molecule is C1=CCCC(c2ccc(C3=c4ccccc4=C(C4=CC=C(c5ccc(C6=CC7=C(C=CCC7)CC6)nc5)CC4)C4C=CC=CC34)c3ccccc23)=C1. The molecule has 6 aliphatic carbocycles. The first-order chi connectivity index (χ1) is 25.8. The van der Waals surface area contributed by atoms with Gasteiger partial charge in [0, 0.05) is 18.0 Å². The van der Waals surface area contributed by atoms with Crippen molar-refractivity contribution >= 4 is 38.6 Å². The van der Waals surface area contributed by atoms with Crippen molar-refractivity contribution in [2.24, 2.45) is 11.8 Å². The molecule has 0 amide bonds. The standard InChI is InChI=1S/C51H43N/c1-2-13-36(14-3-1)41-29-30-48(43-17-7-6-16-42(41)43)51-46-20-10-8-18-44(46)50(45-19-9-11-21-47(45)51)37-25-22-35(23-26-37)40-28-31-49(52-33-40)39-27-24-34-12-4-5-15-38(34)32-39/h1-2,4,6-13,16-22,25,28-33,44,46H,3,5,14-15,23-24,26-27H2. The van der Waals surface area contributed by atoms with Gasteiger partial charge in [0.15, 0.2) is 0 Å². The van der Waals surface area contributed by atoms with Crippen LogP contribution in [0.15, 0.2) is 169 Å². The highest BCUT2D eigenvalue weighted by atomic mass is 14.7. The molecule has 3 aromatic carbocycles. The lowest BCUT2D eigenvalue weighted by molar-refractivity contribution is 0.680. The fourth-order valence-electron chi connectivity index (χ4n) is 9.59. The number of hydrogen-bond acceptors (Lipinski definition) is 1. The van der Waals surface area contributed by atoms with Crippen molar-refractivity contribution in [3.8, 4) is 0 Å². The lowest BCUT2D eigenvalue weighted by Gasteiger charge is -2.35. The summed E-state index contributed by atoms with van der Waals surface area (Å²) in [6, 6.07) is 27.6. The topological polar surface area (TPSA) is 12.9 Å². The minimum atomic E-state index is 0.273. The summed E-state index contributed by atoms with van der Waals surface area (Å²) in [6.07, 6.45) is 39.0. The molecular formula is C51H43N. The predicted molar refractivity (Wildman–Crippen MR) is 219 cm³/mol. The number of rotatable bonds is 5. The van der Waals surface area contributed by atoms with Crippen molar-refractivity contribution in [2.75, 3.05) is 0 Å². The van der Waals surface area contributed by atoms with Gasteiger partial charge < -0.3 is 0 Å². The molecule has 2 unspecified atom stereocenters. The van der Waals surface area contributed by atoms with Gasteiger partial charge in [-0.25, -0.2) is 0 Å². The maximum Gasteiger partial charge on any atom is 0.0662 e. The van der Waals surface area contributed by atoms with E-state index in [1.54, 1.807) is 0 Å². The Balaban J connectivity index is 1.05. The molecule has 1 nitrogen and oxygen atoms in total. The molecule has 1 aromatic heterocycles. The van der Waals surface area contributed by atoms with Crippen molar-refractivity contribution in [3.63, 3.8) is 0 Å². The first-order valence-corrected chi connectivity index (χ1v) is 19.3. The molecule has 4 aromatic rings. The summed E-state index contributed by atoms with van der Waals surface area (Å²) in [4.78, 5) is 5.00. The summed E-state index contributed by atoms with van der Waals surface area (Å²) in [5, 5.41) is 5.46. The summed E-state index contributed by atoms with van der Waals surface area (Å²) < 4.78 is 0. The maximum atomic E-state index is 5.00. The van der Waals surface area contributed by atoms with Gasteiger partial charge >= 0.3 is 0 Å². The van der Waals surface area contributed by atoms with E-state index in [2.05, 4.69) is 152 Å². The third-order valence-electron chi connectivity index (χ3n) is 12.2. The van der Waals surface area contributed by atoms with Gasteiger partial charge in [0.05, 0.1) is 5.69 Å². The fourth-order valence-corrected chi connectivity index (χ4v) is 9.59. The van der Waals surface area contributed by atoms with Crippen molar-refractivity contribution < 1.29 is 0 Å². The summed E-state index contributed by atoms with van der Waals surface area (Å²) in [5.41, 5.74) is 16.7. The van der Waals surface area contributed by atoms with Crippen LogP contribution in [0.25, 0.3) is 38.6 Å². The Labute approximate surface area is 307 Å². The van der Waals surface area contributed by atoms with Crippen LogP contribution in [0.5, 0.6) is 0 Å². The molecule has 0 spiro atoms. The molecule has 0 saturated carbocycles. The van der Waals surface area contributed by atoms with Crippen LogP contribution in [0.3, 0.4) is 0 Å². The van der Waals surface area contributed by atoms with Gasteiger partial charge in [0.25, 0.3) is 0 Å². The van der Waals surface area contributed by atoms with Gasteiger partial charge in [-0.15, -0.1) is 0 Å². The van der Waals surface area contributed by atoms with E-state index in [4.69, 9.17) is 4.98 Å². The molecule has 252 valence electrons. The normalized spacial score (nSPS) is 22.0. The van der Waals surface area contributed by atoms with Crippen LogP contribution in [0.2, 0.25) is 0 Å². The van der Waals surface area contributed by atoms with E-state index in [1.165, 1.54) is 82.5 Å². The summed E-state index contributed by atoms with van der Waals surface area (Å²) in [5.74, 6) is 0.565. The third-order valence-corrected chi connectivity index (χ3v) is 12.2. The molecule has 52 heavy (non-hydrogen) atoms. The van der Waals surface area contributed by atoms with E-state index < -0.39 is 0 Å². The number of nitrogens with zero attached hydrogens (tertiary/aromatic N) is 1. The van der Waals surface area contributed by atoms with Crippen LogP contribution in [0.4, 0.5) is 0 Å². The summed E-state index contributed by atoms with van der Waals surface area (Å²) >= 11 is 0. The van der Waals surface area contributed by atoms with Crippen molar-refractivity contribution in [3.05, 3.63) is 201 Å². The van der Waals surface area contributed by atoms with Crippen molar-refractivity contribution in [1.29, 1.82) is 0 Å². The van der Waals surface area contributed by atoms with Crippen LogP contribution in [0.1, 0.15) is 73.8 Å². The average Bonchev–Trinajstić information content (AvgIpc) is 3.23. The quantitative estimate of drug-likeness (QED) is 0.206. The number of pyridine rings is 1. The van der Waals surface area contributed by atoms with Gasteiger partial charge in [-0.3, -0.25) is 4.98 Å². The van der Waals surface area contributed by atoms with E-state index in [9.17, 15) is 0 Å². The second-order valence-electron chi connectivity index (χ2n) is 15.0. The lowest BCUT2D eigenvalue weighted by atomic mass is 9.68. The molecule has 10 rings (SSSR count). The zero-order valence-corrected chi connectivity index (χ0v) is 29.7. The summed E-state index contributed by atoms with van der Waals surface area (Å²) in [6.45, 7) is 0. The first-order valence-electron chi connectivity index (χ1n) is 19.3. The number of fused-ring (bicyclic) bond motifs is 3. The third kappa shape index (κ3) is 5.42. The van der Waals surface area contributed by atoms with Gasteiger partial charge in [-0.2, -0.15) is 0 Å². The van der Waals surface area contributed by atoms with Crippen LogP contribution in [-0.4, -0.2) is 4.98 Å². The van der Waals surface area contributed by atoms with Crippen molar-refractivity contribution in [1.82, 2.24) is 4.98 Å². The molecule has 0 saturated heterocycles. The highest BCUT2D eigenvalue weighted by Crippen LogP contribution is 2.45. The Hall–Kier alpha value is -5.53. The molecule has 0 radical (unpaired) electrons. The van der Waals surface area contributed by atoms with Gasteiger partial charge in [0.2, 0.25) is 0 Å². The Bertz CT molecular complexity index is 2550. The zero-order valence-electron chi connectivity index (χ0n) is 29.7. The molecule has 0 bridgehead atoms. The van der Waals surface area contributed by atoms with Gasteiger partial charge in [0.1, 0.15) is 0 Å². The Kier molecular flexibility index (Phi) is 7.94. The predicted octanol–water partition coefficient (Wildman–Crippen LogP) is 11.3. The highest BCUT2D eigenvalue weighted by molar-refractivity contribution is 6.02. The number of allylic oxidation sites excluding steroid dienone is 18. The second kappa shape index (κ2) is 13.2. The van der Waals surface area contributed by atoms with E-state index >= 15 is 0 Å². The molecule has 0 N–H and O–H groups in total. The average molecular weight is 670 g/mol. The Morgan fingerprint density at radius 3 is 1.98 bits per heavy atom. The number of hydrogen-bond donors (Lipinski definition) is 0. The molecular weight excluding hydrogens is 627 g/mol. The van der Waals surface area contributed by atoms with Crippen LogP contribution in [-0.2, 0) is 0 Å². The van der Waals surface area contributed by atoms with E-state index in [-0.39, 0.29) is 5.92 Å². The molecule has 1 heterocycles. The fraction of sp³-hybridized carbons (Fsp3) is 0.196. The lowest BCUT2D eigenvalue weighted by Crippen LogP contribution is -2.40. The monoisotopic (exact) mass is 669 g/mol. The Morgan fingerprint density at radius 1 is 0.500 bits per heavy atom. The van der Waals surface area contributed by atoms with Crippen LogP contribution >= 0.6 is 0 Å². The molecule has 0 fully saturated rings. The van der Waals surface area contributed by atoms with Crippen LogP contribution in [0, 0.1) is 11.8 Å². The van der Waals surface area contributed by atoms with E-state index in [0.717, 1.165) is 57.1 Å². The van der Waals surface area contributed by atoms with Crippen molar-refractivity contribution in [2.45, 2.75) is 51.4 Å². The number of aromatic nitrogens is 1. The minimum absolute atomic E-state index is 0.273. The highest BCUT2D eigenvalue weighted by Gasteiger charge is 2.33. The van der Waals surface area contributed by atoms with E-state index in [1.807, 2.05) is 0 Å². The first kappa shape index (κ1) is 31.2. The zero-order chi connectivity index (χ0) is 34.4. The minimum Gasteiger partial charge on any atom is -0.256 e. The Morgan fingerprint density at radius 2 is 1.21 bits per heavy atom. The number of benzene rings is 3. The van der Waals surface area contributed by atoms with Gasteiger partial charge in [-0.1, -0.05) is 140 Å². The second-order valence-corrected chi connectivity index (χ2v) is 15.0. The largest absolute Gasteiger partial charge is 0.256 e. The summed E-state index contributed by atoms with van der Waals surface area (Å²) in [7, 11) is 0. The maximum absolute atomic E-state index is 5.00. The molecule has 2 atom stereocenters. The smallest absolute Gasteiger partial charge is 0.0662 e. The van der Waals surface area contributed by atoms with Crippen LogP contribution < -0.4 is 10.4 Å².